The molecule has 2 N–H and O–H groups in total. The molecule has 11 heteroatoms. The molecule has 1 aliphatic carbocycles. The Balaban J connectivity index is 1.64. The summed E-state index contributed by atoms with van der Waals surface area (Å²) in [5.74, 6) is -1.83. The molecular weight excluding hydrogens is 507 g/mol. The zero-order chi connectivity index (χ0) is 27.6. The van der Waals surface area contributed by atoms with E-state index in [1.807, 2.05) is 6.07 Å². The summed E-state index contributed by atoms with van der Waals surface area (Å²) in [4.78, 5) is 30.5. The lowest BCUT2D eigenvalue weighted by Crippen LogP contribution is -2.50. The average molecular weight is 532 g/mol. The molecule has 0 spiro atoms. The molecule has 0 fully saturated rings. The van der Waals surface area contributed by atoms with E-state index in [4.69, 9.17) is 0 Å². The van der Waals surface area contributed by atoms with E-state index >= 15 is 0 Å². The molecule has 0 saturated heterocycles. The first-order chi connectivity index (χ1) is 18.7. The summed E-state index contributed by atoms with van der Waals surface area (Å²) < 4.78 is 44.8. The molecule has 39 heavy (non-hydrogen) atoms. The number of nitrogens with one attached hydrogen (secondary N) is 2. The predicted molar refractivity (Wildman–Crippen MR) is 140 cm³/mol. The number of benzene rings is 1. The molecule has 1 aromatic carbocycles. The minimum absolute atomic E-state index is 0.0667. The molecule has 1 aliphatic rings. The van der Waals surface area contributed by atoms with Gasteiger partial charge in [0.15, 0.2) is 0 Å². The summed E-state index contributed by atoms with van der Waals surface area (Å²) >= 11 is 0. The van der Waals surface area contributed by atoms with E-state index in [1.165, 1.54) is 30.1 Å². The molecule has 0 aliphatic heterocycles. The molecule has 4 aromatic rings. The molecule has 3 aromatic heterocycles. The van der Waals surface area contributed by atoms with E-state index in [-0.39, 0.29) is 11.5 Å². The Morgan fingerprint density at radius 2 is 1.85 bits per heavy atom. The number of imidazole rings is 1. The van der Waals surface area contributed by atoms with Crippen molar-refractivity contribution in [3.05, 3.63) is 109 Å². The van der Waals surface area contributed by atoms with E-state index in [1.54, 1.807) is 68.0 Å². The third-order valence-electron chi connectivity index (χ3n) is 6.50. The highest BCUT2D eigenvalue weighted by Gasteiger charge is 2.50. The molecular formula is C28H24F3N7O. The van der Waals surface area contributed by atoms with Gasteiger partial charge in [0, 0.05) is 53.1 Å². The fourth-order valence-electron chi connectivity index (χ4n) is 4.52. The van der Waals surface area contributed by atoms with Gasteiger partial charge < -0.3 is 15.2 Å². The number of nitrogens with zero attached hydrogens (tertiary/aromatic N) is 5. The third kappa shape index (κ3) is 5.28. The second-order valence-corrected chi connectivity index (χ2v) is 9.12. The van der Waals surface area contributed by atoms with E-state index < -0.39 is 29.2 Å². The van der Waals surface area contributed by atoms with Crippen molar-refractivity contribution in [1.82, 2.24) is 24.5 Å². The quantitative estimate of drug-likeness (QED) is 0.341. The number of anilines is 2. The smallest absolute Gasteiger partial charge is 0.327 e. The molecule has 2 unspecified atom stereocenters. The Labute approximate surface area is 222 Å². The number of para-hydroxylation sites is 1. The first kappa shape index (κ1) is 25.8. The topological polar surface area (TPSA) is 97.6 Å². The van der Waals surface area contributed by atoms with Gasteiger partial charge in [-0.2, -0.15) is 13.2 Å². The zero-order valence-corrected chi connectivity index (χ0v) is 21.0. The Bertz CT molecular complexity index is 1550. The van der Waals surface area contributed by atoms with Gasteiger partial charge in [0.05, 0.1) is 17.7 Å². The largest absolute Gasteiger partial charge is 0.413 e. The maximum Gasteiger partial charge on any atom is 0.413 e. The van der Waals surface area contributed by atoms with Crippen LogP contribution in [0.5, 0.6) is 0 Å². The summed E-state index contributed by atoms with van der Waals surface area (Å²) in [5.41, 5.74) is -0.413. The van der Waals surface area contributed by atoms with Crippen molar-refractivity contribution in [2.75, 3.05) is 10.6 Å². The molecule has 0 bridgehead atoms. The number of aromatic nitrogens is 5. The maximum atomic E-state index is 14.4. The van der Waals surface area contributed by atoms with Crippen LogP contribution in [0, 0.1) is 12.8 Å². The van der Waals surface area contributed by atoms with Crippen molar-refractivity contribution in [2.24, 2.45) is 5.92 Å². The number of hydrogen-bond acceptors (Lipinski definition) is 6. The van der Waals surface area contributed by atoms with E-state index in [0.717, 1.165) is 6.08 Å². The second-order valence-electron chi connectivity index (χ2n) is 9.12. The van der Waals surface area contributed by atoms with Gasteiger partial charge >= 0.3 is 6.18 Å². The third-order valence-corrected chi connectivity index (χ3v) is 6.50. The summed E-state index contributed by atoms with van der Waals surface area (Å²) in [6, 6.07) is 13.8. The lowest BCUT2D eigenvalue weighted by Gasteiger charge is -2.42. The molecule has 2 atom stereocenters. The van der Waals surface area contributed by atoms with E-state index in [0.29, 0.717) is 22.6 Å². The average Bonchev–Trinajstić information content (AvgIpc) is 3.37. The maximum absolute atomic E-state index is 14.4. The van der Waals surface area contributed by atoms with Crippen LogP contribution in [0.2, 0.25) is 0 Å². The first-order valence-corrected chi connectivity index (χ1v) is 12.1. The second kappa shape index (κ2) is 10.2. The lowest BCUT2D eigenvalue weighted by atomic mass is 9.79. The van der Waals surface area contributed by atoms with Crippen LogP contribution in [0.1, 0.15) is 12.6 Å². The van der Waals surface area contributed by atoms with Crippen molar-refractivity contribution in [2.45, 2.75) is 25.7 Å². The monoisotopic (exact) mass is 531 g/mol. The van der Waals surface area contributed by atoms with E-state index in [9.17, 15) is 18.0 Å². The number of amides is 1. The molecule has 0 radical (unpaired) electrons. The minimum atomic E-state index is -4.72. The number of halogens is 3. The van der Waals surface area contributed by atoms with Crippen molar-refractivity contribution in [3.63, 3.8) is 0 Å². The Hall–Kier alpha value is -4.80. The highest BCUT2D eigenvalue weighted by molar-refractivity contribution is 6.06. The van der Waals surface area contributed by atoms with Gasteiger partial charge in [-0.25, -0.2) is 15.0 Å². The number of carbonyl (C=O) groups excluding carboxylic acids is 1. The van der Waals surface area contributed by atoms with Gasteiger partial charge in [0.1, 0.15) is 5.66 Å². The highest BCUT2D eigenvalue weighted by atomic mass is 19.4. The van der Waals surface area contributed by atoms with Crippen LogP contribution >= 0.6 is 0 Å². The number of alkyl halides is 3. The van der Waals surface area contributed by atoms with Crippen molar-refractivity contribution < 1.29 is 18.0 Å². The number of rotatable bonds is 6. The number of aryl methyl sites for hydroxylation is 1. The van der Waals surface area contributed by atoms with Crippen LogP contribution in [-0.4, -0.2) is 36.6 Å². The van der Waals surface area contributed by atoms with Crippen molar-refractivity contribution >= 4 is 17.5 Å². The predicted octanol–water partition coefficient (Wildman–Crippen LogP) is 5.51. The molecule has 0 saturated carbocycles. The van der Waals surface area contributed by atoms with Gasteiger partial charge in [-0.1, -0.05) is 25.1 Å². The highest BCUT2D eigenvalue weighted by Crippen LogP contribution is 2.45. The fourth-order valence-corrected chi connectivity index (χ4v) is 4.52. The number of carbonyl (C=O) groups is 1. The van der Waals surface area contributed by atoms with Gasteiger partial charge in [-0.05, 0) is 49.4 Å². The van der Waals surface area contributed by atoms with Gasteiger partial charge in [-0.3, -0.25) is 9.78 Å². The summed E-state index contributed by atoms with van der Waals surface area (Å²) in [7, 11) is 0. The van der Waals surface area contributed by atoms with Crippen LogP contribution in [0.25, 0.3) is 11.3 Å². The molecule has 8 nitrogen and oxygen atoms in total. The molecule has 5 rings (SSSR count). The van der Waals surface area contributed by atoms with Gasteiger partial charge in [0.25, 0.3) is 5.91 Å². The van der Waals surface area contributed by atoms with Crippen molar-refractivity contribution in [3.8, 4) is 11.3 Å². The standard InChI is InChI=1S/C28H24F3N7O/c1-18-16-38(17-34-18)27(37-26-33-12-10-24(36-26)20-7-6-11-32-15-20)14-21(13-23(19(27)2)28(29,30)31)25(39)35-22-8-4-3-5-9-22/h3-17,19H,1-2H3,(H,35,39)(H,33,36,37). The Morgan fingerprint density at radius 3 is 2.51 bits per heavy atom. The van der Waals surface area contributed by atoms with Crippen LogP contribution < -0.4 is 10.6 Å². The van der Waals surface area contributed by atoms with Crippen LogP contribution in [0.3, 0.4) is 0 Å². The molecule has 198 valence electrons. The Morgan fingerprint density at radius 1 is 1.05 bits per heavy atom. The zero-order valence-electron chi connectivity index (χ0n) is 21.0. The number of hydrogen-bond donors (Lipinski definition) is 2. The summed E-state index contributed by atoms with van der Waals surface area (Å²) in [6.45, 7) is 3.17. The molecule has 3 heterocycles. The van der Waals surface area contributed by atoms with Crippen molar-refractivity contribution in [1.29, 1.82) is 0 Å². The van der Waals surface area contributed by atoms with E-state index in [2.05, 4.69) is 30.6 Å². The summed E-state index contributed by atoms with van der Waals surface area (Å²) in [6.07, 6.45) is 5.43. The summed E-state index contributed by atoms with van der Waals surface area (Å²) in [5, 5.41) is 5.80. The molecule has 1 amide bonds. The van der Waals surface area contributed by atoms with Crippen LogP contribution in [0.15, 0.2) is 103 Å². The van der Waals surface area contributed by atoms with Gasteiger partial charge in [-0.15, -0.1) is 0 Å². The number of pyridine rings is 1. The fraction of sp³-hybridized carbons (Fsp3) is 0.179. The lowest BCUT2D eigenvalue weighted by molar-refractivity contribution is -0.113. The SMILES string of the molecule is Cc1cn(C2(Nc3nccc(-c4cccnc4)n3)C=C(C(=O)Nc3ccccc3)C=C(C(F)(F)F)C2C)cn1. The normalized spacial score (nSPS) is 19.2. The minimum Gasteiger partial charge on any atom is -0.327 e. The first-order valence-electron chi connectivity index (χ1n) is 12.1. The van der Waals surface area contributed by atoms with Gasteiger partial charge in [0.2, 0.25) is 5.95 Å². The Kier molecular flexibility index (Phi) is 6.73. The van der Waals surface area contributed by atoms with Crippen LogP contribution in [-0.2, 0) is 10.5 Å². The van der Waals surface area contributed by atoms with Crippen LogP contribution in [0.4, 0.5) is 24.8 Å².